The topological polar surface area (TPSA) is 67.6 Å². The monoisotopic (exact) mass is 269 g/mol. The van der Waals surface area contributed by atoms with E-state index < -0.39 is 11.7 Å². The SMILES string of the molecule is C=C(NC(=O)OC(C)(C)C)N1CCC(CCN)CC1. The van der Waals surface area contributed by atoms with E-state index in [1.165, 1.54) is 0 Å². The number of hydrogen-bond donors (Lipinski definition) is 2. The minimum Gasteiger partial charge on any atom is -0.444 e. The van der Waals surface area contributed by atoms with Crippen molar-refractivity contribution in [2.24, 2.45) is 11.7 Å². The van der Waals surface area contributed by atoms with Crippen LogP contribution in [0.4, 0.5) is 4.79 Å². The van der Waals surface area contributed by atoms with Gasteiger partial charge in [-0.2, -0.15) is 0 Å². The molecule has 1 heterocycles. The van der Waals surface area contributed by atoms with E-state index in [4.69, 9.17) is 10.5 Å². The molecule has 0 aromatic heterocycles. The fraction of sp³-hybridized carbons (Fsp3) is 0.786. The minimum atomic E-state index is -0.488. The smallest absolute Gasteiger partial charge is 0.413 e. The lowest BCUT2D eigenvalue weighted by molar-refractivity contribution is 0.0521. The Labute approximate surface area is 116 Å². The predicted octanol–water partition coefficient (Wildman–Crippen LogP) is 2.04. The van der Waals surface area contributed by atoms with Gasteiger partial charge < -0.3 is 15.4 Å². The van der Waals surface area contributed by atoms with E-state index in [0.717, 1.165) is 38.9 Å². The molecule has 1 aliphatic rings. The number of nitrogens with zero attached hydrogens (tertiary/aromatic N) is 1. The van der Waals surface area contributed by atoms with Gasteiger partial charge in [0.15, 0.2) is 0 Å². The standard InChI is InChI=1S/C14H27N3O2/c1-11(16-13(18)19-14(2,3)4)17-9-6-12(5-8-15)7-10-17/h12H,1,5-10,15H2,2-4H3,(H,16,18). The number of alkyl carbamates (subject to hydrolysis) is 1. The molecule has 0 aromatic carbocycles. The van der Waals surface area contributed by atoms with Crippen molar-refractivity contribution in [2.45, 2.75) is 45.6 Å². The largest absolute Gasteiger partial charge is 0.444 e. The molecule has 5 heteroatoms. The van der Waals surface area contributed by atoms with E-state index in [-0.39, 0.29) is 0 Å². The number of piperidine rings is 1. The van der Waals surface area contributed by atoms with Gasteiger partial charge in [-0.1, -0.05) is 6.58 Å². The number of amides is 1. The van der Waals surface area contributed by atoms with Crippen molar-refractivity contribution in [3.05, 3.63) is 12.4 Å². The van der Waals surface area contributed by atoms with Crippen molar-refractivity contribution in [3.63, 3.8) is 0 Å². The van der Waals surface area contributed by atoms with Crippen molar-refractivity contribution in [3.8, 4) is 0 Å². The number of rotatable bonds is 4. The Morgan fingerprint density at radius 3 is 2.47 bits per heavy atom. The zero-order valence-electron chi connectivity index (χ0n) is 12.4. The van der Waals surface area contributed by atoms with Crippen LogP contribution in [0.1, 0.15) is 40.0 Å². The minimum absolute atomic E-state index is 0.443. The normalized spacial score (nSPS) is 17.2. The average Bonchev–Trinajstić information content (AvgIpc) is 2.27. The van der Waals surface area contributed by atoms with Crippen molar-refractivity contribution in [2.75, 3.05) is 19.6 Å². The van der Waals surface area contributed by atoms with Crippen LogP contribution in [0.2, 0.25) is 0 Å². The van der Waals surface area contributed by atoms with Crippen LogP contribution < -0.4 is 11.1 Å². The highest BCUT2D eigenvalue weighted by Crippen LogP contribution is 2.21. The molecule has 1 amide bonds. The summed E-state index contributed by atoms with van der Waals surface area (Å²) in [6.45, 7) is 12.0. The fourth-order valence-corrected chi connectivity index (χ4v) is 2.23. The van der Waals surface area contributed by atoms with Crippen LogP contribution in [-0.4, -0.2) is 36.2 Å². The third kappa shape index (κ3) is 5.96. The van der Waals surface area contributed by atoms with Gasteiger partial charge in [0.05, 0.1) is 0 Å². The van der Waals surface area contributed by atoms with Crippen molar-refractivity contribution >= 4 is 6.09 Å². The van der Waals surface area contributed by atoms with E-state index in [9.17, 15) is 4.79 Å². The highest BCUT2D eigenvalue weighted by Gasteiger charge is 2.22. The second-order valence-electron chi connectivity index (χ2n) is 6.08. The average molecular weight is 269 g/mol. The first-order chi connectivity index (χ1) is 8.81. The molecule has 0 unspecified atom stereocenters. The summed E-state index contributed by atoms with van der Waals surface area (Å²) in [7, 11) is 0. The highest BCUT2D eigenvalue weighted by molar-refractivity contribution is 5.69. The first-order valence-corrected chi connectivity index (χ1v) is 6.95. The number of carbonyl (C=O) groups is 1. The van der Waals surface area contributed by atoms with Crippen LogP contribution in [0, 0.1) is 5.92 Å². The second kappa shape index (κ2) is 6.80. The molecule has 1 aliphatic heterocycles. The molecule has 0 saturated carbocycles. The molecule has 1 rings (SSSR count). The molecular formula is C14H27N3O2. The van der Waals surface area contributed by atoms with Gasteiger partial charge >= 0.3 is 6.09 Å². The summed E-state index contributed by atoms with van der Waals surface area (Å²) in [6.07, 6.45) is 2.85. The van der Waals surface area contributed by atoms with E-state index in [2.05, 4.69) is 16.8 Å². The number of likely N-dealkylation sites (tertiary alicyclic amines) is 1. The maximum atomic E-state index is 11.6. The van der Waals surface area contributed by atoms with Crippen molar-refractivity contribution in [1.29, 1.82) is 0 Å². The Kier molecular flexibility index (Phi) is 5.66. The molecule has 0 bridgehead atoms. The number of hydrogen-bond acceptors (Lipinski definition) is 4. The van der Waals surface area contributed by atoms with Crippen LogP contribution in [0.25, 0.3) is 0 Å². The first kappa shape index (κ1) is 15.8. The molecular weight excluding hydrogens is 242 g/mol. The summed E-state index contributed by atoms with van der Waals surface area (Å²) >= 11 is 0. The number of nitrogens with two attached hydrogens (primary N) is 1. The number of carbonyl (C=O) groups excluding carboxylic acids is 1. The number of ether oxygens (including phenoxy) is 1. The van der Waals surface area contributed by atoms with Gasteiger partial charge in [0.25, 0.3) is 0 Å². The first-order valence-electron chi connectivity index (χ1n) is 6.95. The maximum absolute atomic E-state index is 11.6. The summed E-state index contributed by atoms with van der Waals surface area (Å²) in [5, 5.41) is 2.70. The molecule has 0 aliphatic carbocycles. The van der Waals surface area contributed by atoms with E-state index >= 15 is 0 Å². The number of nitrogens with one attached hydrogen (secondary N) is 1. The van der Waals surface area contributed by atoms with Crippen LogP contribution in [0.3, 0.4) is 0 Å². The zero-order chi connectivity index (χ0) is 14.5. The van der Waals surface area contributed by atoms with Crippen LogP contribution in [0.15, 0.2) is 12.4 Å². The lowest BCUT2D eigenvalue weighted by Crippen LogP contribution is -2.41. The van der Waals surface area contributed by atoms with E-state index in [1.807, 2.05) is 20.8 Å². The van der Waals surface area contributed by atoms with Gasteiger partial charge in [-0.05, 0) is 52.5 Å². The quantitative estimate of drug-likeness (QED) is 0.819. The molecule has 19 heavy (non-hydrogen) atoms. The maximum Gasteiger partial charge on any atom is 0.413 e. The Hall–Kier alpha value is -1.23. The van der Waals surface area contributed by atoms with Crippen LogP contribution >= 0.6 is 0 Å². The Bertz CT molecular complexity index is 315. The summed E-state index contributed by atoms with van der Waals surface area (Å²) in [4.78, 5) is 13.7. The van der Waals surface area contributed by atoms with Gasteiger partial charge in [-0.3, -0.25) is 5.32 Å². The van der Waals surface area contributed by atoms with E-state index in [1.54, 1.807) is 0 Å². The third-order valence-electron chi connectivity index (χ3n) is 3.22. The van der Waals surface area contributed by atoms with Gasteiger partial charge in [0.2, 0.25) is 0 Å². The molecule has 1 saturated heterocycles. The van der Waals surface area contributed by atoms with Gasteiger partial charge in [-0.15, -0.1) is 0 Å². The lowest BCUT2D eigenvalue weighted by atomic mass is 9.94. The van der Waals surface area contributed by atoms with Crippen molar-refractivity contribution < 1.29 is 9.53 Å². The second-order valence-corrected chi connectivity index (χ2v) is 6.08. The van der Waals surface area contributed by atoms with Crippen LogP contribution in [-0.2, 0) is 4.74 Å². The fourth-order valence-electron chi connectivity index (χ4n) is 2.23. The molecule has 5 nitrogen and oxygen atoms in total. The van der Waals surface area contributed by atoms with Gasteiger partial charge in [0.1, 0.15) is 11.4 Å². The third-order valence-corrected chi connectivity index (χ3v) is 3.22. The predicted molar refractivity (Wildman–Crippen MR) is 76.5 cm³/mol. The summed E-state index contributed by atoms with van der Waals surface area (Å²) in [6, 6.07) is 0. The zero-order valence-corrected chi connectivity index (χ0v) is 12.4. The highest BCUT2D eigenvalue weighted by atomic mass is 16.6. The summed E-state index contributed by atoms with van der Waals surface area (Å²) < 4.78 is 5.20. The Balaban J connectivity index is 2.33. The Morgan fingerprint density at radius 1 is 1.42 bits per heavy atom. The van der Waals surface area contributed by atoms with E-state index in [0.29, 0.717) is 11.7 Å². The molecule has 0 radical (unpaired) electrons. The molecule has 0 atom stereocenters. The van der Waals surface area contributed by atoms with Crippen LogP contribution in [0.5, 0.6) is 0 Å². The molecule has 0 aromatic rings. The molecule has 3 N–H and O–H groups in total. The molecule has 1 fully saturated rings. The molecule has 110 valence electrons. The van der Waals surface area contributed by atoms with Gasteiger partial charge in [0, 0.05) is 13.1 Å². The molecule has 0 spiro atoms. The summed E-state index contributed by atoms with van der Waals surface area (Å²) in [5.74, 6) is 1.33. The van der Waals surface area contributed by atoms with Crippen molar-refractivity contribution in [1.82, 2.24) is 10.2 Å². The lowest BCUT2D eigenvalue weighted by Gasteiger charge is -2.34. The summed E-state index contributed by atoms with van der Waals surface area (Å²) in [5.41, 5.74) is 5.09. The Morgan fingerprint density at radius 2 is 2.00 bits per heavy atom. The van der Waals surface area contributed by atoms with Gasteiger partial charge in [-0.25, -0.2) is 4.79 Å².